The van der Waals surface area contributed by atoms with Crippen LogP contribution >= 0.6 is 11.8 Å². The van der Waals surface area contributed by atoms with E-state index >= 15 is 0 Å². The highest BCUT2D eigenvalue weighted by Gasteiger charge is 2.28. The molecule has 0 aliphatic heterocycles. The van der Waals surface area contributed by atoms with E-state index in [9.17, 15) is 9.90 Å². The molecule has 0 heterocycles. The summed E-state index contributed by atoms with van der Waals surface area (Å²) in [5.74, 6) is 0.739. The number of hydrogen-bond donors (Lipinski definition) is 1. The van der Waals surface area contributed by atoms with Crippen LogP contribution < -0.4 is 0 Å². The highest BCUT2D eigenvalue weighted by atomic mass is 32.2. The van der Waals surface area contributed by atoms with Crippen LogP contribution in [0.15, 0.2) is 30.3 Å². The van der Waals surface area contributed by atoms with Crippen molar-refractivity contribution in [3.05, 3.63) is 35.9 Å². The zero-order valence-corrected chi connectivity index (χ0v) is 12.4. The van der Waals surface area contributed by atoms with Crippen LogP contribution in [0.4, 0.5) is 0 Å². The summed E-state index contributed by atoms with van der Waals surface area (Å²) in [5, 5.41) is 10.3. The van der Waals surface area contributed by atoms with E-state index in [1.54, 1.807) is 11.8 Å². The number of thioether (sulfide) groups is 1. The van der Waals surface area contributed by atoms with Crippen molar-refractivity contribution in [1.29, 1.82) is 0 Å². The molecule has 0 radical (unpaired) electrons. The number of methoxy groups -OCH3 is 1. The number of aliphatic hydroxyl groups is 1. The van der Waals surface area contributed by atoms with Crippen molar-refractivity contribution in [3.8, 4) is 0 Å². The van der Waals surface area contributed by atoms with Gasteiger partial charge in [-0.1, -0.05) is 43.7 Å². The Morgan fingerprint density at radius 1 is 1.37 bits per heavy atom. The molecular formula is C15H22O3S. The fraction of sp³-hybridized carbons (Fsp3) is 0.533. The van der Waals surface area contributed by atoms with Crippen LogP contribution in [0.1, 0.15) is 31.4 Å². The number of esters is 1. The van der Waals surface area contributed by atoms with Gasteiger partial charge in [0, 0.05) is 5.75 Å². The summed E-state index contributed by atoms with van der Waals surface area (Å²) in [6, 6.07) is 9.27. The van der Waals surface area contributed by atoms with E-state index in [0.29, 0.717) is 5.75 Å². The Balaban J connectivity index is 2.65. The van der Waals surface area contributed by atoms with Crippen LogP contribution in [-0.2, 0) is 9.53 Å². The van der Waals surface area contributed by atoms with Crippen LogP contribution in [0.25, 0.3) is 0 Å². The summed E-state index contributed by atoms with van der Waals surface area (Å²) in [6.45, 7) is 2.14. The van der Waals surface area contributed by atoms with E-state index in [1.165, 1.54) is 7.11 Å². The minimum Gasteiger partial charge on any atom is -0.469 e. The largest absolute Gasteiger partial charge is 0.469 e. The summed E-state index contributed by atoms with van der Waals surface area (Å²) in [7, 11) is 1.36. The lowest BCUT2D eigenvalue weighted by atomic mass is 9.97. The van der Waals surface area contributed by atoms with Gasteiger partial charge in [-0.05, 0) is 17.7 Å². The molecule has 4 heteroatoms. The number of rotatable bonds is 8. The van der Waals surface area contributed by atoms with Crippen LogP contribution in [0.3, 0.4) is 0 Å². The minimum atomic E-state index is -0.803. The number of aliphatic hydroxyl groups excluding tert-OH is 1. The first-order valence-corrected chi connectivity index (χ1v) is 7.74. The van der Waals surface area contributed by atoms with Crippen LogP contribution in [0.5, 0.6) is 0 Å². The lowest BCUT2D eigenvalue weighted by Gasteiger charge is -2.20. The number of carbonyl (C=O) groups is 1. The fourth-order valence-electron chi connectivity index (χ4n) is 1.78. The Bertz CT molecular complexity index is 367. The predicted octanol–water partition coefficient (Wildman–Crippen LogP) is 3.04. The molecule has 0 aromatic heterocycles. The number of unbranched alkanes of at least 4 members (excludes halogenated alkanes) is 1. The Morgan fingerprint density at radius 3 is 2.63 bits per heavy atom. The van der Waals surface area contributed by atoms with Gasteiger partial charge in [0.05, 0.1) is 19.1 Å². The smallest absolute Gasteiger partial charge is 0.312 e. The average molecular weight is 282 g/mol. The summed E-state index contributed by atoms with van der Waals surface area (Å²) in [4.78, 5) is 11.8. The molecule has 1 aromatic carbocycles. The van der Waals surface area contributed by atoms with Crippen molar-refractivity contribution in [2.24, 2.45) is 5.92 Å². The Hall–Kier alpha value is -1.00. The van der Waals surface area contributed by atoms with Gasteiger partial charge < -0.3 is 9.84 Å². The maximum Gasteiger partial charge on any atom is 0.312 e. The zero-order valence-electron chi connectivity index (χ0n) is 11.5. The number of ether oxygens (including phenoxy) is 1. The van der Waals surface area contributed by atoms with Gasteiger partial charge in [-0.15, -0.1) is 0 Å². The monoisotopic (exact) mass is 282 g/mol. The molecule has 3 nitrogen and oxygen atoms in total. The van der Waals surface area contributed by atoms with Gasteiger partial charge in [-0.25, -0.2) is 0 Å². The quantitative estimate of drug-likeness (QED) is 0.588. The third-order valence-corrected chi connectivity index (χ3v) is 4.14. The molecule has 19 heavy (non-hydrogen) atoms. The topological polar surface area (TPSA) is 46.5 Å². The number of hydrogen-bond acceptors (Lipinski definition) is 4. The molecule has 0 saturated heterocycles. The van der Waals surface area contributed by atoms with Crippen molar-refractivity contribution in [3.63, 3.8) is 0 Å². The normalized spacial score (nSPS) is 13.8. The van der Waals surface area contributed by atoms with Gasteiger partial charge in [0.15, 0.2) is 0 Å². The van der Waals surface area contributed by atoms with Gasteiger partial charge in [0.1, 0.15) is 0 Å². The van der Waals surface area contributed by atoms with E-state index < -0.39 is 12.0 Å². The molecule has 0 spiro atoms. The van der Waals surface area contributed by atoms with E-state index in [0.717, 1.165) is 24.2 Å². The first-order chi connectivity index (χ1) is 9.20. The third kappa shape index (κ3) is 5.25. The molecule has 0 aliphatic carbocycles. The summed E-state index contributed by atoms with van der Waals surface area (Å²) < 4.78 is 4.80. The van der Waals surface area contributed by atoms with Crippen LogP contribution in [-0.4, -0.2) is 29.7 Å². The highest BCUT2D eigenvalue weighted by Crippen LogP contribution is 2.26. The predicted molar refractivity (Wildman–Crippen MR) is 79.1 cm³/mol. The van der Waals surface area contributed by atoms with Gasteiger partial charge in [-0.3, -0.25) is 4.79 Å². The van der Waals surface area contributed by atoms with E-state index in [-0.39, 0.29) is 5.97 Å². The Labute approximate surface area is 119 Å². The molecule has 2 atom stereocenters. The summed E-state index contributed by atoms with van der Waals surface area (Å²) >= 11 is 1.69. The van der Waals surface area contributed by atoms with Gasteiger partial charge in [-0.2, -0.15) is 11.8 Å². The van der Waals surface area contributed by atoms with Crippen LogP contribution in [0.2, 0.25) is 0 Å². The second-order valence-corrected chi connectivity index (χ2v) is 5.56. The Kier molecular flexibility index (Phi) is 7.60. The van der Waals surface area contributed by atoms with E-state index in [4.69, 9.17) is 4.74 Å². The van der Waals surface area contributed by atoms with Crippen molar-refractivity contribution in [2.75, 3.05) is 18.6 Å². The number of benzene rings is 1. The van der Waals surface area contributed by atoms with Crippen molar-refractivity contribution in [2.45, 2.75) is 25.9 Å². The molecule has 1 rings (SSSR count). The molecular weight excluding hydrogens is 260 g/mol. The molecule has 1 N–H and O–H groups in total. The third-order valence-electron chi connectivity index (χ3n) is 2.97. The Morgan fingerprint density at radius 2 is 2.05 bits per heavy atom. The summed E-state index contributed by atoms with van der Waals surface area (Å²) in [5.41, 5.74) is 0.758. The maximum atomic E-state index is 11.8. The number of carbonyl (C=O) groups excluding carboxylic acids is 1. The standard InChI is InChI=1S/C15H22O3S/c1-3-4-10-19-11-13(15(17)18-2)14(16)12-8-6-5-7-9-12/h5-9,13-14,16H,3-4,10-11H2,1-2H3. The molecule has 1 aromatic rings. The second kappa shape index (κ2) is 8.99. The lowest BCUT2D eigenvalue weighted by molar-refractivity contribution is -0.148. The molecule has 0 bridgehead atoms. The summed E-state index contributed by atoms with van der Waals surface area (Å²) in [6.07, 6.45) is 1.46. The molecule has 0 amide bonds. The molecule has 0 fully saturated rings. The van der Waals surface area contributed by atoms with E-state index in [2.05, 4.69) is 6.92 Å². The van der Waals surface area contributed by atoms with Gasteiger partial charge >= 0.3 is 5.97 Å². The maximum absolute atomic E-state index is 11.8. The first-order valence-electron chi connectivity index (χ1n) is 6.59. The van der Waals surface area contributed by atoms with Crippen molar-refractivity contribution in [1.82, 2.24) is 0 Å². The average Bonchev–Trinajstić information content (AvgIpc) is 2.47. The van der Waals surface area contributed by atoms with E-state index in [1.807, 2.05) is 30.3 Å². The molecule has 0 saturated carbocycles. The van der Waals surface area contributed by atoms with Crippen molar-refractivity contribution >= 4 is 17.7 Å². The van der Waals surface area contributed by atoms with Gasteiger partial charge in [0.25, 0.3) is 0 Å². The zero-order chi connectivity index (χ0) is 14.1. The second-order valence-electron chi connectivity index (χ2n) is 4.41. The minimum absolute atomic E-state index is 0.347. The SMILES string of the molecule is CCCCSCC(C(=O)OC)C(O)c1ccccc1. The molecule has 2 unspecified atom stereocenters. The first kappa shape index (κ1) is 16.1. The fourth-order valence-corrected chi connectivity index (χ4v) is 3.01. The lowest BCUT2D eigenvalue weighted by Crippen LogP contribution is -2.26. The molecule has 106 valence electrons. The molecule has 0 aliphatic rings. The van der Waals surface area contributed by atoms with Gasteiger partial charge in [0.2, 0.25) is 0 Å². The van der Waals surface area contributed by atoms with Crippen LogP contribution in [0, 0.1) is 5.92 Å². The highest BCUT2D eigenvalue weighted by molar-refractivity contribution is 7.99. The van der Waals surface area contributed by atoms with Crippen molar-refractivity contribution < 1.29 is 14.6 Å².